The van der Waals surface area contributed by atoms with Gasteiger partial charge in [-0.2, -0.15) is 0 Å². The van der Waals surface area contributed by atoms with Gasteiger partial charge in [0, 0.05) is 11.9 Å². The zero-order chi connectivity index (χ0) is 10.5. The Hall–Kier alpha value is -1.70. The lowest BCUT2D eigenvalue weighted by Crippen LogP contribution is -2.34. The molecular formula is C13H14N2. The molecule has 15 heavy (non-hydrogen) atoms. The van der Waals surface area contributed by atoms with Crippen molar-refractivity contribution in [2.75, 3.05) is 5.32 Å². The Balaban J connectivity index is 2.32. The molecular weight excluding hydrogens is 184 g/mol. The minimum atomic E-state index is -0.00213. The first-order chi connectivity index (χ1) is 7.18. The fourth-order valence-electron chi connectivity index (χ4n) is 2.29. The van der Waals surface area contributed by atoms with Crippen LogP contribution in [-0.4, -0.2) is 4.57 Å². The zero-order valence-electron chi connectivity index (χ0n) is 8.99. The summed E-state index contributed by atoms with van der Waals surface area (Å²) in [6, 6.07) is 12.7. The van der Waals surface area contributed by atoms with E-state index < -0.39 is 0 Å². The highest BCUT2D eigenvalue weighted by atomic mass is 15.1. The highest BCUT2D eigenvalue weighted by molar-refractivity contribution is 5.66. The molecule has 0 radical (unpaired) electrons. The average molecular weight is 198 g/mol. The van der Waals surface area contributed by atoms with E-state index in [0.717, 1.165) is 0 Å². The van der Waals surface area contributed by atoms with Gasteiger partial charge < -0.3 is 9.88 Å². The second-order valence-corrected chi connectivity index (χ2v) is 4.53. The van der Waals surface area contributed by atoms with Crippen LogP contribution < -0.4 is 5.32 Å². The molecule has 3 rings (SSSR count). The highest BCUT2D eigenvalue weighted by Gasteiger charge is 2.29. The molecule has 2 aromatic rings. The number of rotatable bonds is 0. The molecule has 0 spiro atoms. The molecule has 0 amide bonds. The van der Waals surface area contributed by atoms with E-state index in [-0.39, 0.29) is 5.54 Å². The third kappa shape index (κ3) is 1.11. The summed E-state index contributed by atoms with van der Waals surface area (Å²) in [5.41, 5.74) is 3.74. The lowest BCUT2D eigenvalue weighted by atomic mass is 9.97. The number of nitrogens with zero attached hydrogens (tertiary/aromatic N) is 1. The quantitative estimate of drug-likeness (QED) is 0.688. The minimum Gasteiger partial charge on any atom is -0.373 e. The number of para-hydroxylation sites is 2. The summed E-state index contributed by atoms with van der Waals surface area (Å²) in [5.74, 6) is 0. The standard InChI is InChI=1S/C13H14N2/c1-13(2)12-8-5-9-15(12)11-7-4-3-6-10(11)14-13/h3-9,14H,1-2H3. The van der Waals surface area contributed by atoms with E-state index >= 15 is 0 Å². The SMILES string of the molecule is CC1(C)Nc2ccccc2-n2cccc21. The van der Waals surface area contributed by atoms with E-state index in [4.69, 9.17) is 0 Å². The molecule has 2 heteroatoms. The van der Waals surface area contributed by atoms with Crippen molar-refractivity contribution in [1.82, 2.24) is 4.57 Å². The normalized spacial score (nSPS) is 16.4. The fraction of sp³-hybridized carbons (Fsp3) is 0.231. The molecule has 1 aromatic heterocycles. The molecule has 1 aromatic carbocycles. The topological polar surface area (TPSA) is 17.0 Å². The third-order valence-electron chi connectivity index (χ3n) is 3.00. The number of hydrogen-bond donors (Lipinski definition) is 1. The maximum absolute atomic E-state index is 3.56. The molecule has 76 valence electrons. The van der Waals surface area contributed by atoms with Gasteiger partial charge >= 0.3 is 0 Å². The summed E-state index contributed by atoms with van der Waals surface area (Å²) in [7, 11) is 0. The van der Waals surface area contributed by atoms with Crippen LogP contribution in [0.15, 0.2) is 42.6 Å². The van der Waals surface area contributed by atoms with Gasteiger partial charge in [0.15, 0.2) is 0 Å². The first-order valence-corrected chi connectivity index (χ1v) is 5.24. The summed E-state index contributed by atoms with van der Waals surface area (Å²) in [5, 5.41) is 3.56. The van der Waals surface area contributed by atoms with E-state index in [1.165, 1.54) is 17.1 Å². The van der Waals surface area contributed by atoms with Crippen LogP contribution in [-0.2, 0) is 5.54 Å². The first-order valence-electron chi connectivity index (χ1n) is 5.24. The molecule has 1 aliphatic rings. The second kappa shape index (κ2) is 2.66. The number of fused-ring (bicyclic) bond motifs is 3. The van der Waals surface area contributed by atoms with Gasteiger partial charge in [0.05, 0.1) is 16.9 Å². The lowest BCUT2D eigenvalue weighted by molar-refractivity contribution is 0.560. The van der Waals surface area contributed by atoms with Gasteiger partial charge in [0.25, 0.3) is 0 Å². The summed E-state index contributed by atoms with van der Waals surface area (Å²) < 4.78 is 2.26. The van der Waals surface area contributed by atoms with Crippen LogP contribution in [0.5, 0.6) is 0 Å². The maximum Gasteiger partial charge on any atom is 0.0723 e. The predicted octanol–water partition coefficient (Wildman–Crippen LogP) is 3.14. The second-order valence-electron chi connectivity index (χ2n) is 4.53. The Labute approximate surface area is 89.5 Å². The highest BCUT2D eigenvalue weighted by Crippen LogP contribution is 2.36. The van der Waals surface area contributed by atoms with Crippen LogP contribution in [0.1, 0.15) is 19.5 Å². The van der Waals surface area contributed by atoms with E-state index in [9.17, 15) is 0 Å². The predicted molar refractivity (Wildman–Crippen MR) is 62.4 cm³/mol. The Morgan fingerprint density at radius 2 is 1.87 bits per heavy atom. The largest absolute Gasteiger partial charge is 0.373 e. The first kappa shape index (κ1) is 8.60. The molecule has 0 fully saturated rings. The average Bonchev–Trinajstić information content (AvgIpc) is 2.66. The molecule has 0 unspecified atom stereocenters. The molecule has 2 heterocycles. The molecule has 0 saturated heterocycles. The maximum atomic E-state index is 3.56. The van der Waals surface area contributed by atoms with E-state index in [2.05, 4.69) is 66.3 Å². The number of benzene rings is 1. The van der Waals surface area contributed by atoms with E-state index in [1.807, 2.05) is 0 Å². The number of hydrogen-bond acceptors (Lipinski definition) is 1. The number of nitrogens with one attached hydrogen (secondary N) is 1. The Morgan fingerprint density at radius 3 is 2.73 bits per heavy atom. The molecule has 0 bridgehead atoms. The van der Waals surface area contributed by atoms with Gasteiger partial charge in [-0.05, 0) is 38.1 Å². The van der Waals surface area contributed by atoms with Crippen molar-refractivity contribution in [1.29, 1.82) is 0 Å². The number of anilines is 1. The van der Waals surface area contributed by atoms with Gasteiger partial charge in [-0.15, -0.1) is 0 Å². The van der Waals surface area contributed by atoms with Gasteiger partial charge in [-0.25, -0.2) is 0 Å². The molecule has 1 N–H and O–H groups in total. The summed E-state index contributed by atoms with van der Waals surface area (Å²) >= 11 is 0. The third-order valence-corrected chi connectivity index (χ3v) is 3.00. The van der Waals surface area contributed by atoms with Crippen molar-refractivity contribution >= 4 is 5.69 Å². The minimum absolute atomic E-state index is 0.00213. The van der Waals surface area contributed by atoms with Crippen LogP contribution in [0.3, 0.4) is 0 Å². The molecule has 2 nitrogen and oxygen atoms in total. The van der Waals surface area contributed by atoms with Gasteiger partial charge in [-0.3, -0.25) is 0 Å². The molecule has 0 atom stereocenters. The molecule has 0 saturated carbocycles. The van der Waals surface area contributed by atoms with Crippen molar-refractivity contribution in [3.63, 3.8) is 0 Å². The van der Waals surface area contributed by atoms with Crippen LogP contribution in [0, 0.1) is 0 Å². The Bertz CT molecular complexity index is 509. The Morgan fingerprint density at radius 1 is 1.07 bits per heavy atom. The monoisotopic (exact) mass is 198 g/mol. The molecule has 0 aliphatic carbocycles. The van der Waals surface area contributed by atoms with Crippen LogP contribution in [0.25, 0.3) is 5.69 Å². The summed E-state index contributed by atoms with van der Waals surface area (Å²) in [4.78, 5) is 0. The van der Waals surface area contributed by atoms with Crippen molar-refractivity contribution in [3.8, 4) is 5.69 Å². The van der Waals surface area contributed by atoms with Gasteiger partial charge in [-0.1, -0.05) is 12.1 Å². The van der Waals surface area contributed by atoms with Crippen molar-refractivity contribution < 1.29 is 0 Å². The van der Waals surface area contributed by atoms with Crippen LogP contribution in [0.2, 0.25) is 0 Å². The smallest absolute Gasteiger partial charge is 0.0723 e. The van der Waals surface area contributed by atoms with Gasteiger partial charge in [0.2, 0.25) is 0 Å². The van der Waals surface area contributed by atoms with E-state index in [0.29, 0.717) is 0 Å². The summed E-state index contributed by atoms with van der Waals surface area (Å²) in [6.07, 6.45) is 2.12. The van der Waals surface area contributed by atoms with Crippen LogP contribution >= 0.6 is 0 Å². The van der Waals surface area contributed by atoms with Crippen molar-refractivity contribution in [3.05, 3.63) is 48.3 Å². The summed E-state index contributed by atoms with van der Waals surface area (Å²) in [6.45, 7) is 4.41. The Kier molecular flexibility index (Phi) is 1.52. The van der Waals surface area contributed by atoms with Crippen molar-refractivity contribution in [2.24, 2.45) is 0 Å². The van der Waals surface area contributed by atoms with Crippen molar-refractivity contribution in [2.45, 2.75) is 19.4 Å². The lowest BCUT2D eigenvalue weighted by Gasteiger charge is -2.35. The van der Waals surface area contributed by atoms with Gasteiger partial charge in [0.1, 0.15) is 0 Å². The molecule has 1 aliphatic heterocycles. The number of aromatic nitrogens is 1. The zero-order valence-corrected chi connectivity index (χ0v) is 8.99. The van der Waals surface area contributed by atoms with E-state index in [1.54, 1.807) is 0 Å². The van der Waals surface area contributed by atoms with Crippen LogP contribution in [0.4, 0.5) is 5.69 Å². The fourth-order valence-corrected chi connectivity index (χ4v) is 2.29.